The highest BCUT2D eigenvalue weighted by molar-refractivity contribution is 7.18. The highest BCUT2D eigenvalue weighted by Crippen LogP contribution is 2.35. The number of anilines is 1. The molecule has 1 aliphatic heterocycles. The largest absolute Gasteiger partial charge is 0.338 e. The van der Waals surface area contributed by atoms with Gasteiger partial charge in [-0.05, 0) is 49.8 Å². The molecule has 0 aliphatic carbocycles. The van der Waals surface area contributed by atoms with E-state index in [1.807, 2.05) is 53.6 Å². The number of pyridine rings is 1. The van der Waals surface area contributed by atoms with Crippen molar-refractivity contribution in [1.29, 1.82) is 0 Å². The van der Waals surface area contributed by atoms with E-state index in [0.29, 0.717) is 20.4 Å². The Bertz CT molecular complexity index is 1300. The number of carbonyl (C=O) groups is 2. The van der Waals surface area contributed by atoms with Gasteiger partial charge in [-0.2, -0.15) is 0 Å². The Hall–Kier alpha value is -3.10. The van der Waals surface area contributed by atoms with E-state index in [0.717, 1.165) is 48.1 Å². The van der Waals surface area contributed by atoms with Crippen molar-refractivity contribution in [3.63, 3.8) is 0 Å². The van der Waals surface area contributed by atoms with Crippen LogP contribution in [0.3, 0.4) is 0 Å². The van der Waals surface area contributed by atoms with Gasteiger partial charge in [0.15, 0.2) is 0 Å². The Morgan fingerprint density at radius 3 is 2.69 bits per heavy atom. The summed E-state index contributed by atoms with van der Waals surface area (Å²) in [5.74, 6) is -0.154. The summed E-state index contributed by atoms with van der Waals surface area (Å²) in [4.78, 5) is 38.4. The molecular weight excluding hydrogens is 440 g/mol. The normalized spacial score (nSPS) is 14.0. The lowest BCUT2D eigenvalue weighted by atomic mass is 10.1. The number of rotatable bonds is 4. The van der Waals surface area contributed by atoms with E-state index < -0.39 is 0 Å². The monoisotopic (exact) mass is 462 g/mol. The van der Waals surface area contributed by atoms with Crippen molar-refractivity contribution in [3.8, 4) is 10.6 Å². The first-order valence-corrected chi connectivity index (χ1v) is 12.3. The van der Waals surface area contributed by atoms with Gasteiger partial charge in [-0.3, -0.25) is 14.6 Å². The summed E-state index contributed by atoms with van der Waals surface area (Å²) >= 11 is 2.74. The standard InChI is InChI=1S/C24H22N4O2S2/c1-15-20(24(30)28-12-3-2-4-13-28)32-23(26-15)17-10-14-31-21(17)22(29)27-18-9-5-7-16-8-6-11-25-19(16)18/h5-11,14H,2-4,12-13H2,1H3,(H,27,29). The maximum atomic E-state index is 13.2. The number of carbonyl (C=O) groups excluding carboxylic acids is 2. The van der Waals surface area contributed by atoms with Gasteiger partial charge in [0.25, 0.3) is 11.8 Å². The van der Waals surface area contributed by atoms with Gasteiger partial charge in [0.2, 0.25) is 0 Å². The van der Waals surface area contributed by atoms with Gasteiger partial charge < -0.3 is 10.2 Å². The second-order valence-corrected chi connectivity index (χ2v) is 9.70. The number of aryl methyl sites for hydroxylation is 1. The summed E-state index contributed by atoms with van der Waals surface area (Å²) in [5.41, 5.74) is 2.90. The molecule has 5 rings (SSSR count). The number of likely N-dealkylation sites (tertiary alicyclic amines) is 1. The van der Waals surface area contributed by atoms with E-state index in [9.17, 15) is 9.59 Å². The topological polar surface area (TPSA) is 75.2 Å². The predicted molar refractivity (Wildman–Crippen MR) is 130 cm³/mol. The third-order valence-corrected chi connectivity index (χ3v) is 7.71. The van der Waals surface area contributed by atoms with Crippen molar-refractivity contribution in [2.24, 2.45) is 0 Å². The van der Waals surface area contributed by atoms with Gasteiger partial charge in [-0.25, -0.2) is 4.98 Å². The van der Waals surface area contributed by atoms with Crippen molar-refractivity contribution in [2.75, 3.05) is 18.4 Å². The van der Waals surface area contributed by atoms with E-state index >= 15 is 0 Å². The zero-order valence-electron chi connectivity index (χ0n) is 17.6. The predicted octanol–water partition coefficient (Wildman–Crippen LogP) is 5.61. The molecule has 0 unspecified atom stereocenters. The Morgan fingerprint density at radius 2 is 1.84 bits per heavy atom. The lowest BCUT2D eigenvalue weighted by Gasteiger charge is -2.26. The van der Waals surface area contributed by atoms with Crippen LogP contribution in [0.1, 0.15) is 44.3 Å². The molecule has 2 amide bonds. The van der Waals surface area contributed by atoms with Gasteiger partial charge in [-0.15, -0.1) is 22.7 Å². The number of nitrogens with zero attached hydrogens (tertiary/aromatic N) is 3. The first-order chi connectivity index (χ1) is 15.6. The maximum absolute atomic E-state index is 13.2. The number of thiophene rings is 1. The molecule has 0 radical (unpaired) electrons. The fourth-order valence-electron chi connectivity index (χ4n) is 3.99. The minimum Gasteiger partial charge on any atom is -0.338 e. The molecule has 162 valence electrons. The number of piperidine rings is 1. The third kappa shape index (κ3) is 3.91. The molecule has 0 atom stereocenters. The molecule has 8 heteroatoms. The van der Waals surface area contributed by atoms with Crippen LogP contribution in [0.5, 0.6) is 0 Å². The molecule has 1 fully saturated rings. The molecule has 6 nitrogen and oxygen atoms in total. The quantitative estimate of drug-likeness (QED) is 0.428. The molecule has 3 aromatic heterocycles. The molecule has 0 saturated carbocycles. The zero-order valence-corrected chi connectivity index (χ0v) is 19.3. The minimum absolute atomic E-state index is 0.0500. The Morgan fingerprint density at radius 1 is 1.03 bits per heavy atom. The summed E-state index contributed by atoms with van der Waals surface area (Å²) in [6.07, 6.45) is 4.99. The average molecular weight is 463 g/mol. The summed E-state index contributed by atoms with van der Waals surface area (Å²) in [7, 11) is 0. The Labute approximate surface area is 193 Å². The van der Waals surface area contributed by atoms with Gasteiger partial charge >= 0.3 is 0 Å². The number of thiazole rings is 1. The minimum atomic E-state index is -0.204. The van der Waals surface area contributed by atoms with Gasteiger partial charge in [0, 0.05) is 30.2 Å². The molecule has 1 aliphatic rings. The molecule has 1 N–H and O–H groups in total. The number of nitrogens with one attached hydrogen (secondary N) is 1. The number of para-hydroxylation sites is 1. The van der Waals surface area contributed by atoms with Crippen LogP contribution in [0, 0.1) is 6.92 Å². The first-order valence-electron chi connectivity index (χ1n) is 10.6. The summed E-state index contributed by atoms with van der Waals surface area (Å²) in [6.45, 7) is 3.47. The van der Waals surface area contributed by atoms with Crippen LogP contribution in [-0.2, 0) is 0 Å². The van der Waals surface area contributed by atoms with E-state index in [1.54, 1.807) is 6.20 Å². The SMILES string of the molecule is Cc1nc(-c2ccsc2C(=O)Nc2cccc3cccnc23)sc1C(=O)N1CCCCC1. The second kappa shape index (κ2) is 8.80. The van der Waals surface area contributed by atoms with Crippen LogP contribution in [0.4, 0.5) is 5.69 Å². The molecule has 1 aromatic carbocycles. The highest BCUT2D eigenvalue weighted by atomic mass is 32.1. The molecule has 32 heavy (non-hydrogen) atoms. The number of fused-ring (bicyclic) bond motifs is 1. The van der Waals surface area contributed by atoms with Crippen molar-refractivity contribution in [1.82, 2.24) is 14.9 Å². The molecular formula is C24H22N4O2S2. The van der Waals surface area contributed by atoms with Crippen LogP contribution in [0.15, 0.2) is 48.0 Å². The lowest BCUT2D eigenvalue weighted by Crippen LogP contribution is -2.35. The third-order valence-electron chi connectivity index (χ3n) is 5.62. The first kappa shape index (κ1) is 20.8. The zero-order chi connectivity index (χ0) is 22.1. The van der Waals surface area contributed by atoms with Crippen molar-refractivity contribution >= 4 is 51.1 Å². The number of benzene rings is 1. The van der Waals surface area contributed by atoms with Crippen LogP contribution in [0.2, 0.25) is 0 Å². The fraction of sp³-hybridized carbons (Fsp3) is 0.250. The van der Waals surface area contributed by atoms with Crippen LogP contribution >= 0.6 is 22.7 Å². The lowest BCUT2D eigenvalue weighted by molar-refractivity contribution is 0.0728. The van der Waals surface area contributed by atoms with Crippen molar-refractivity contribution < 1.29 is 9.59 Å². The number of hydrogen-bond acceptors (Lipinski definition) is 6. The summed E-state index contributed by atoms with van der Waals surface area (Å²) in [5, 5.41) is 6.55. The number of amides is 2. The van der Waals surface area contributed by atoms with Crippen molar-refractivity contribution in [3.05, 3.63) is 63.4 Å². The van der Waals surface area contributed by atoms with Gasteiger partial charge in [0.1, 0.15) is 14.8 Å². The van der Waals surface area contributed by atoms with E-state index in [2.05, 4.69) is 15.3 Å². The maximum Gasteiger partial charge on any atom is 0.266 e. The van der Waals surface area contributed by atoms with Crippen LogP contribution in [-0.4, -0.2) is 39.8 Å². The fourth-order valence-corrected chi connectivity index (χ4v) is 5.91. The van der Waals surface area contributed by atoms with Crippen molar-refractivity contribution in [2.45, 2.75) is 26.2 Å². The molecule has 0 bridgehead atoms. The van der Waals surface area contributed by atoms with Crippen LogP contribution < -0.4 is 5.32 Å². The van der Waals surface area contributed by atoms with Gasteiger partial charge in [-0.1, -0.05) is 18.2 Å². The molecule has 0 spiro atoms. The Balaban J connectivity index is 1.42. The Kier molecular flexibility index (Phi) is 5.71. The number of aromatic nitrogens is 2. The summed E-state index contributed by atoms with van der Waals surface area (Å²) < 4.78 is 0. The molecule has 4 aromatic rings. The van der Waals surface area contributed by atoms with E-state index in [1.165, 1.54) is 29.1 Å². The molecule has 1 saturated heterocycles. The highest BCUT2D eigenvalue weighted by Gasteiger charge is 2.25. The average Bonchev–Trinajstić information content (AvgIpc) is 3.46. The second-order valence-electron chi connectivity index (χ2n) is 7.78. The van der Waals surface area contributed by atoms with E-state index in [4.69, 9.17) is 0 Å². The summed E-state index contributed by atoms with van der Waals surface area (Å²) in [6, 6.07) is 11.5. The molecule has 4 heterocycles. The van der Waals surface area contributed by atoms with E-state index in [-0.39, 0.29) is 11.8 Å². The van der Waals surface area contributed by atoms with Crippen LogP contribution in [0.25, 0.3) is 21.5 Å². The number of hydrogen-bond donors (Lipinski definition) is 1. The smallest absolute Gasteiger partial charge is 0.266 e. The van der Waals surface area contributed by atoms with Gasteiger partial charge in [0.05, 0.1) is 16.9 Å².